The van der Waals surface area contributed by atoms with E-state index in [0.717, 1.165) is 0 Å². The van der Waals surface area contributed by atoms with E-state index in [1.54, 1.807) is 0 Å². The van der Waals surface area contributed by atoms with Crippen LogP contribution in [0.1, 0.15) is 0 Å². The van der Waals surface area contributed by atoms with Crippen LogP contribution >= 0.6 is 0 Å². The van der Waals surface area contributed by atoms with Crippen LogP contribution in [0.5, 0.6) is 0 Å². The van der Waals surface area contributed by atoms with Crippen LogP contribution in [0, 0.1) is 0 Å². The van der Waals surface area contributed by atoms with Gasteiger partial charge in [0.2, 0.25) is 0 Å². The summed E-state index contributed by atoms with van der Waals surface area (Å²) in [6.07, 6.45) is -36.5. The normalized spacial score (nSPS) is 52.9. The Hall–Kier alpha value is -0.840. The van der Waals surface area contributed by atoms with Gasteiger partial charge in [0, 0.05) is 0 Å². The predicted molar refractivity (Wildman–Crippen MR) is 134 cm³/mol. The lowest BCUT2D eigenvalue weighted by atomic mass is 9.95. The number of rotatable bonds is 10. The monoisotopic (exact) mass is 666 g/mol. The van der Waals surface area contributed by atoms with Crippen molar-refractivity contribution in [3.63, 3.8) is 0 Å². The van der Waals surface area contributed by atoms with Gasteiger partial charge in [-0.2, -0.15) is 0 Å². The summed E-state index contributed by atoms with van der Waals surface area (Å²) in [5.41, 5.74) is 0. The van der Waals surface area contributed by atoms with E-state index in [1.165, 1.54) is 0 Å². The molecule has 21 nitrogen and oxygen atoms in total. The fraction of sp³-hybridized carbons (Fsp3) is 1.00. The number of hydrogen-bond acceptors (Lipinski definition) is 21. The molecule has 0 aromatic carbocycles. The quantitative estimate of drug-likeness (QED) is 0.103. The molecule has 4 rings (SSSR count). The Morgan fingerprint density at radius 2 is 0.711 bits per heavy atom. The number of hydrogen-bond donors (Lipinski definition) is 14. The van der Waals surface area contributed by atoms with Gasteiger partial charge in [-0.1, -0.05) is 0 Å². The summed E-state index contributed by atoms with van der Waals surface area (Å²) in [6, 6.07) is 0. The Kier molecular flexibility index (Phi) is 12.8. The molecular weight excluding hydrogens is 624 g/mol. The maximum Gasteiger partial charge on any atom is 0.187 e. The van der Waals surface area contributed by atoms with Crippen molar-refractivity contribution in [3.05, 3.63) is 0 Å². The van der Waals surface area contributed by atoms with E-state index in [0.29, 0.717) is 0 Å². The van der Waals surface area contributed by atoms with Crippen LogP contribution in [0.2, 0.25) is 0 Å². The summed E-state index contributed by atoms with van der Waals surface area (Å²) >= 11 is 0. The number of aliphatic hydroxyl groups excluding tert-OH is 14. The molecule has 0 bridgehead atoms. The Morgan fingerprint density at radius 1 is 0.333 bits per heavy atom. The average Bonchev–Trinajstić information content (AvgIpc) is 3.03. The van der Waals surface area contributed by atoms with Crippen molar-refractivity contribution in [2.45, 2.75) is 123 Å². The molecule has 0 saturated carbocycles. The lowest BCUT2D eigenvalue weighted by Crippen LogP contribution is -2.68. The third-order valence-corrected chi connectivity index (χ3v) is 8.21. The van der Waals surface area contributed by atoms with Crippen LogP contribution in [0.4, 0.5) is 0 Å². The molecule has 4 fully saturated rings. The van der Waals surface area contributed by atoms with Crippen molar-refractivity contribution < 1.29 is 105 Å². The van der Waals surface area contributed by atoms with E-state index in [-0.39, 0.29) is 0 Å². The molecule has 21 heteroatoms. The summed E-state index contributed by atoms with van der Waals surface area (Å²) in [5.74, 6) is 0. The van der Waals surface area contributed by atoms with Gasteiger partial charge >= 0.3 is 0 Å². The highest BCUT2D eigenvalue weighted by Gasteiger charge is 2.55. The van der Waals surface area contributed by atoms with Crippen LogP contribution in [0.25, 0.3) is 0 Å². The SMILES string of the molecule is OC[C@H]1O[C@H](O[C@@H]2[C@@H](O[C@H]3[C@@H](O[C@H]4O[C@H](CO)[C@@H](O)[C@H](O)[C@H]4O)[C@@H](CO)OC(O)[C@@H]3O)O[C@H](CO)[C@@H](O)[C@@H]2O)[C@@H](O)[C@@H](O)[C@@H]1O. The molecule has 0 aliphatic carbocycles. The van der Waals surface area contributed by atoms with E-state index >= 15 is 0 Å². The molecule has 4 heterocycles. The molecule has 0 radical (unpaired) electrons. The summed E-state index contributed by atoms with van der Waals surface area (Å²) in [4.78, 5) is 0. The molecule has 4 aliphatic rings. The zero-order valence-electron chi connectivity index (χ0n) is 23.5. The first-order valence-electron chi connectivity index (χ1n) is 14.1. The number of aliphatic hydroxyl groups is 14. The zero-order valence-corrected chi connectivity index (χ0v) is 23.5. The molecule has 0 amide bonds. The van der Waals surface area contributed by atoms with Crippen molar-refractivity contribution in [1.82, 2.24) is 0 Å². The van der Waals surface area contributed by atoms with Gasteiger partial charge < -0.3 is 105 Å². The second-order valence-corrected chi connectivity index (χ2v) is 11.1. The fourth-order valence-electron chi connectivity index (χ4n) is 5.51. The first-order chi connectivity index (χ1) is 21.3. The van der Waals surface area contributed by atoms with Gasteiger partial charge in [0.15, 0.2) is 25.2 Å². The van der Waals surface area contributed by atoms with Crippen LogP contribution in [0.15, 0.2) is 0 Å². The smallest absolute Gasteiger partial charge is 0.187 e. The molecule has 264 valence electrons. The molecule has 4 saturated heterocycles. The predicted octanol–water partition coefficient (Wildman–Crippen LogP) is -9.75. The average molecular weight is 667 g/mol. The van der Waals surface area contributed by atoms with Crippen molar-refractivity contribution in [3.8, 4) is 0 Å². The lowest BCUT2D eigenvalue weighted by Gasteiger charge is -2.49. The largest absolute Gasteiger partial charge is 0.394 e. The minimum Gasteiger partial charge on any atom is -0.394 e. The van der Waals surface area contributed by atoms with Gasteiger partial charge in [-0.3, -0.25) is 0 Å². The van der Waals surface area contributed by atoms with Crippen molar-refractivity contribution in [2.24, 2.45) is 0 Å². The minimum atomic E-state index is -2.06. The molecular formula is C24H42O21. The summed E-state index contributed by atoms with van der Waals surface area (Å²) < 4.78 is 38.4. The van der Waals surface area contributed by atoms with Crippen molar-refractivity contribution in [1.29, 1.82) is 0 Å². The molecule has 0 aromatic rings. The van der Waals surface area contributed by atoms with Crippen molar-refractivity contribution >= 4 is 0 Å². The van der Waals surface area contributed by atoms with Crippen LogP contribution in [-0.4, -0.2) is 221 Å². The highest BCUT2D eigenvalue weighted by molar-refractivity contribution is 4.98. The summed E-state index contributed by atoms with van der Waals surface area (Å²) in [6.45, 7) is -3.47. The van der Waals surface area contributed by atoms with Gasteiger partial charge in [0.1, 0.15) is 97.7 Å². The first kappa shape index (κ1) is 37.0. The summed E-state index contributed by atoms with van der Waals surface area (Å²) in [7, 11) is 0. The maximum absolute atomic E-state index is 10.9. The molecule has 0 spiro atoms. The minimum absolute atomic E-state index is 0.827. The second-order valence-electron chi connectivity index (χ2n) is 11.1. The van der Waals surface area contributed by atoms with Crippen molar-refractivity contribution in [2.75, 3.05) is 26.4 Å². The Labute approximate surface area is 254 Å². The highest BCUT2D eigenvalue weighted by atomic mass is 16.8. The van der Waals surface area contributed by atoms with Crippen LogP contribution < -0.4 is 0 Å². The Bertz CT molecular complexity index is 914. The third kappa shape index (κ3) is 7.44. The molecule has 45 heavy (non-hydrogen) atoms. The second kappa shape index (κ2) is 15.6. The van der Waals surface area contributed by atoms with Crippen LogP contribution in [0.3, 0.4) is 0 Å². The lowest BCUT2D eigenvalue weighted by molar-refractivity contribution is -0.399. The highest BCUT2D eigenvalue weighted by Crippen LogP contribution is 2.35. The maximum atomic E-state index is 10.9. The Balaban J connectivity index is 1.63. The molecule has 4 aliphatic heterocycles. The first-order valence-corrected chi connectivity index (χ1v) is 14.1. The topological polar surface area (TPSA) is 348 Å². The van der Waals surface area contributed by atoms with E-state index in [4.69, 9.17) is 33.2 Å². The standard InChI is InChI=1S/C24H42O21/c25-1-5-9(29)12(32)15(35)22(40-5)43-18-8(4-28)39-21(38)17(37)19(18)44-24-20(14(34)11(31)7(3-27)42-24)45-23-16(36)13(33)10(30)6(2-26)41-23/h5-38H,1-4H2/t5-,6-,7-,8-,9-,10-,11-,12+,13+,14+,15-,16+,17-,18+,19-,20+,21?,22-,23-,24-/m1/s1. The van der Waals surface area contributed by atoms with Gasteiger partial charge in [-0.25, -0.2) is 0 Å². The van der Waals surface area contributed by atoms with Gasteiger partial charge in [0.25, 0.3) is 0 Å². The van der Waals surface area contributed by atoms with E-state index < -0.39 is 149 Å². The fourth-order valence-corrected chi connectivity index (χ4v) is 5.51. The zero-order chi connectivity index (χ0) is 33.3. The molecule has 20 atom stereocenters. The van der Waals surface area contributed by atoms with Gasteiger partial charge in [0.05, 0.1) is 26.4 Å². The molecule has 14 N–H and O–H groups in total. The van der Waals surface area contributed by atoms with Gasteiger partial charge in [-0.15, -0.1) is 0 Å². The van der Waals surface area contributed by atoms with Gasteiger partial charge in [-0.05, 0) is 0 Å². The number of ether oxygens (including phenoxy) is 7. The molecule has 1 unspecified atom stereocenters. The van der Waals surface area contributed by atoms with E-state index in [2.05, 4.69) is 0 Å². The van der Waals surface area contributed by atoms with Crippen LogP contribution in [-0.2, 0) is 33.2 Å². The third-order valence-electron chi connectivity index (χ3n) is 8.21. The van der Waals surface area contributed by atoms with E-state index in [1.807, 2.05) is 0 Å². The Morgan fingerprint density at radius 3 is 1.16 bits per heavy atom. The summed E-state index contributed by atoms with van der Waals surface area (Å²) in [5, 5.41) is 143. The van der Waals surface area contributed by atoms with E-state index in [9.17, 15) is 71.5 Å². The molecule has 0 aromatic heterocycles.